The molecule has 0 fully saturated rings. The SMILES string of the molecule is C=C(NC(Cc1c[nH]c2ccccc12)C(=O)N[C@@H](CCC(=O)NC(c1ccccc1)(c1ccccc1)c1ccccc1)C(=O)O)[C@@H](NC(=O)[C@H](CCC(N)=O)NC(=O)OCC1c2ccccc2-c2ccccc21)[C@@H](C)OC(C)(C)C. The number of fused-ring (bicyclic) bond motifs is 4. The lowest BCUT2D eigenvalue weighted by molar-refractivity contribution is -0.142. The van der Waals surface area contributed by atoms with Crippen molar-refractivity contribution >= 4 is 46.6 Å². The molecule has 5 amide bonds. The van der Waals surface area contributed by atoms with Gasteiger partial charge in [0.15, 0.2) is 0 Å². The van der Waals surface area contributed by atoms with Crippen LogP contribution >= 0.6 is 0 Å². The number of nitrogens with one attached hydrogen (secondary N) is 6. The van der Waals surface area contributed by atoms with Crippen molar-refractivity contribution in [3.63, 3.8) is 0 Å². The Kier molecular flexibility index (Phi) is 18.3. The van der Waals surface area contributed by atoms with E-state index >= 15 is 0 Å². The Morgan fingerprint density at radius 2 is 1.15 bits per heavy atom. The van der Waals surface area contributed by atoms with Crippen LogP contribution in [0.4, 0.5) is 4.79 Å². The smallest absolute Gasteiger partial charge is 0.407 e. The number of amides is 5. The van der Waals surface area contributed by atoms with E-state index in [2.05, 4.69) is 38.1 Å². The first kappa shape index (κ1) is 57.2. The van der Waals surface area contributed by atoms with Crippen LogP contribution in [0.25, 0.3) is 22.0 Å². The van der Waals surface area contributed by atoms with Crippen molar-refractivity contribution in [1.82, 2.24) is 31.6 Å². The highest BCUT2D eigenvalue weighted by Crippen LogP contribution is 2.44. The molecule has 80 heavy (non-hydrogen) atoms. The minimum absolute atomic E-state index is 0.00912. The van der Waals surface area contributed by atoms with Crippen LogP contribution in [0.2, 0.25) is 0 Å². The number of carboxylic acid groups (broad SMARTS) is 1. The quantitative estimate of drug-likeness (QED) is 0.0254. The number of alkyl carbamates (subject to hydrolysis) is 1. The highest BCUT2D eigenvalue weighted by molar-refractivity contribution is 5.90. The van der Waals surface area contributed by atoms with E-state index in [-0.39, 0.29) is 50.3 Å². The van der Waals surface area contributed by atoms with Gasteiger partial charge in [0.25, 0.3) is 0 Å². The maximum atomic E-state index is 14.8. The summed E-state index contributed by atoms with van der Waals surface area (Å²) in [5.41, 5.74) is 11.7. The first-order valence-electron chi connectivity index (χ1n) is 26.8. The number of aliphatic carboxylic acids is 1. The molecule has 7 aromatic rings. The Balaban J connectivity index is 1.02. The largest absolute Gasteiger partial charge is 0.480 e. The molecule has 0 radical (unpaired) electrons. The summed E-state index contributed by atoms with van der Waals surface area (Å²) < 4.78 is 12.2. The monoisotopic (exact) mass is 1080 g/mol. The number of ether oxygens (including phenoxy) is 2. The molecule has 1 heterocycles. The van der Waals surface area contributed by atoms with E-state index in [1.807, 2.05) is 185 Å². The van der Waals surface area contributed by atoms with Crippen molar-refractivity contribution in [1.29, 1.82) is 0 Å². The summed E-state index contributed by atoms with van der Waals surface area (Å²) in [6, 6.07) is 46.6. The number of para-hydroxylation sites is 1. The predicted octanol–water partition coefficient (Wildman–Crippen LogP) is 8.50. The maximum absolute atomic E-state index is 14.8. The zero-order valence-electron chi connectivity index (χ0n) is 45.4. The standard InChI is InChI=1S/C64H69N7O9/c1-40(58(41(2)80-63(3,4)5)70-59(74)53(33-35-56(65)72)69-62(78)79-39-51-49-30-17-15-28-47(49)48-29-16-18-31-50(48)51)67-55(37-42-38-66-52-32-20-19-27-46(42)52)60(75)68-54(61(76)77)34-36-57(73)71-64(43-21-9-6-10-22-43,44-23-11-7-12-24-44)45-25-13-8-14-26-45/h6-32,38,41,51,53-55,58,66-67H,1,33-37,39H2,2-5H3,(H2,65,72)(H,68,75)(H,69,78)(H,70,74)(H,71,73)(H,76,77)/t41-,53+,54+,55?,58-/m1/s1. The fourth-order valence-corrected chi connectivity index (χ4v) is 10.6. The molecule has 8 rings (SSSR count). The zero-order valence-corrected chi connectivity index (χ0v) is 45.4. The molecule has 16 nitrogen and oxygen atoms in total. The molecule has 0 bridgehead atoms. The molecule has 16 heteroatoms. The minimum atomic E-state index is -1.53. The van der Waals surface area contributed by atoms with Crippen molar-refractivity contribution in [2.75, 3.05) is 6.61 Å². The second-order valence-corrected chi connectivity index (χ2v) is 21.1. The lowest BCUT2D eigenvalue weighted by atomic mass is 9.77. The topological polar surface area (TPSA) is 243 Å². The Bertz CT molecular complexity index is 3180. The van der Waals surface area contributed by atoms with Gasteiger partial charge in [-0.3, -0.25) is 19.2 Å². The molecule has 0 aliphatic heterocycles. The highest BCUT2D eigenvalue weighted by atomic mass is 16.5. The number of hydrogen-bond acceptors (Lipinski definition) is 9. The van der Waals surface area contributed by atoms with Gasteiger partial charge in [0.1, 0.15) is 30.3 Å². The van der Waals surface area contributed by atoms with E-state index in [0.717, 1.165) is 49.8 Å². The third kappa shape index (κ3) is 13.8. The van der Waals surface area contributed by atoms with E-state index in [0.29, 0.717) is 5.56 Å². The number of benzene rings is 6. The van der Waals surface area contributed by atoms with Crippen LogP contribution in [0.3, 0.4) is 0 Å². The summed E-state index contributed by atoms with van der Waals surface area (Å²) in [4.78, 5) is 85.8. The summed E-state index contributed by atoms with van der Waals surface area (Å²) in [6.07, 6.45) is -0.957. The molecule has 0 saturated heterocycles. The van der Waals surface area contributed by atoms with Crippen molar-refractivity contribution in [3.05, 3.63) is 216 Å². The number of carbonyl (C=O) groups is 6. The Morgan fingerprint density at radius 1 is 0.637 bits per heavy atom. The van der Waals surface area contributed by atoms with E-state index in [1.54, 1.807) is 13.1 Å². The minimum Gasteiger partial charge on any atom is -0.480 e. The fourth-order valence-electron chi connectivity index (χ4n) is 10.6. The van der Waals surface area contributed by atoms with Gasteiger partial charge < -0.3 is 51.9 Å². The molecular formula is C64H69N7O9. The molecule has 1 aliphatic carbocycles. The number of carbonyl (C=O) groups excluding carboxylic acids is 5. The second-order valence-electron chi connectivity index (χ2n) is 21.1. The number of hydrogen-bond donors (Lipinski definition) is 8. The van der Waals surface area contributed by atoms with Gasteiger partial charge in [0.2, 0.25) is 23.6 Å². The average molecular weight is 1080 g/mol. The third-order valence-electron chi connectivity index (χ3n) is 14.3. The summed E-state index contributed by atoms with van der Waals surface area (Å²) in [6.45, 7) is 11.5. The van der Waals surface area contributed by atoms with E-state index in [1.165, 1.54) is 0 Å². The lowest BCUT2D eigenvalue weighted by Gasteiger charge is -2.37. The zero-order chi connectivity index (χ0) is 57.0. The van der Waals surface area contributed by atoms with Crippen LogP contribution in [0, 0.1) is 0 Å². The van der Waals surface area contributed by atoms with Gasteiger partial charge in [-0.25, -0.2) is 9.59 Å². The van der Waals surface area contributed by atoms with Crippen molar-refractivity contribution in [2.45, 2.75) is 107 Å². The van der Waals surface area contributed by atoms with Crippen LogP contribution in [-0.4, -0.2) is 88.3 Å². The third-order valence-corrected chi connectivity index (χ3v) is 14.3. The summed E-state index contributed by atoms with van der Waals surface area (Å²) >= 11 is 0. The second kappa shape index (κ2) is 25.6. The van der Waals surface area contributed by atoms with Crippen LogP contribution < -0.4 is 32.3 Å². The van der Waals surface area contributed by atoms with Crippen LogP contribution in [0.5, 0.6) is 0 Å². The van der Waals surface area contributed by atoms with Gasteiger partial charge in [0.05, 0.1) is 17.7 Å². The fraction of sp³-hybridized carbons (Fsp3) is 0.281. The number of aromatic nitrogens is 1. The van der Waals surface area contributed by atoms with Crippen molar-refractivity contribution in [3.8, 4) is 11.1 Å². The van der Waals surface area contributed by atoms with E-state index in [4.69, 9.17) is 15.2 Å². The predicted molar refractivity (Wildman–Crippen MR) is 307 cm³/mol. The van der Waals surface area contributed by atoms with Gasteiger partial charge >= 0.3 is 12.1 Å². The normalized spacial score (nSPS) is 14.0. The first-order valence-corrected chi connectivity index (χ1v) is 26.8. The maximum Gasteiger partial charge on any atom is 0.407 e. The van der Waals surface area contributed by atoms with Gasteiger partial charge in [-0.2, -0.15) is 0 Å². The van der Waals surface area contributed by atoms with Gasteiger partial charge in [-0.05, 0) is 91.1 Å². The molecule has 1 unspecified atom stereocenters. The number of carboxylic acids is 1. The molecule has 5 atom stereocenters. The molecule has 0 spiro atoms. The van der Waals surface area contributed by atoms with Crippen molar-refractivity contribution in [2.24, 2.45) is 5.73 Å². The number of H-pyrrole nitrogens is 1. The van der Waals surface area contributed by atoms with E-state index < -0.39 is 77.1 Å². The van der Waals surface area contributed by atoms with Gasteiger partial charge in [-0.15, -0.1) is 0 Å². The summed E-state index contributed by atoms with van der Waals surface area (Å²) in [5, 5.41) is 26.2. The number of aromatic amines is 1. The molecular weight excluding hydrogens is 1010 g/mol. The van der Waals surface area contributed by atoms with Gasteiger partial charge in [0, 0.05) is 48.0 Å². The number of primary amides is 1. The summed E-state index contributed by atoms with van der Waals surface area (Å²) in [5.74, 6) is -4.24. The van der Waals surface area contributed by atoms with Crippen LogP contribution in [0.15, 0.2) is 182 Å². The molecule has 1 aliphatic rings. The lowest BCUT2D eigenvalue weighted by Crippen LogP contribution is -2.57. The Hall–Kier alpha value is -9.02. The number of nitrogens with two attached hydrogens (primary N) is 1. The molecule has 414 valence electrons. The molecule has 9 N–H and O–H groups in total. The van der Waals surface area contributed by atoms with E-state index in [9.17, 15) is 33.9 Å². The molecule has 1 aromatic heterocycles. The molecule has 0 saturated carbocycles. The molecule has 6 aromatic carbocycles. The van der Waals surface area contributed by atoms with Crippen LogP contribution in [0.1, 0.15) is 92.7 Å². The Morgan fingerprint density at radius 3 is 1.70 bits per heavy atom. The van der Waals surface area contributed by atoms with Gasteiger partial charge in [-0.1, -0.05) is 164 Å². The summed E-state index contributed by atoms with van der Waals surface area (Å²) in [7, 11) is 0. The highest BCUT2D eigenvalue weighted by Gasteiger charge is 2.39. The number of rotatable bonds is 25. The van der Waals surface area contributed by atoms with Crippen molar-refractivity contribution < 1.29 is 43.3 Å². The first-order chi connectivity index (χ1) is 38.4. The average Bonchev–Trinajstić information content (AvgIpc) is 4.14. The van der Waals surface area contributed by atoms with Crippen LogP contribution in [-0.2, 0) is 45.4 Å². The Labute approximate surface area is 465 Å².